The Balaban J connectivity index is 3.84. The topological polar surface area (TPSA) is 69.6 Å². The molecule has 0 aromatic heterocycles. The Kier molecular flexibility index (Phi) is 7.62. The molecule has 5 heteroatoms. The minimum absolute atomic E-state index is 0.00719. The molecule has 0 radical (unpaired) electrons. The van der Waals surface area contributed by atoms with Crippen LogP contribution in [-0.4, -0.2) is 48.1 Å². The molecule has 0 atom stereocenters. The number of carboxylic acid groups (broad SMARTS) is 1. The number of nitrogens with one attached hydrogen (secondary N) is 1. The van der Waals surface area contributed by atoms with E-state index >= 15 is 0 Å². The van der Waals surface area contributed by atoms with Crippen LogP contribution in [0.3, 0.4) is 0 Å². The lowest BCUT2D eigenvalue weighted by molar-refractivity contribution is -0.138. The van der Waals surface area contributed by atoms with Crippen LogP contribution in [0, 0.1) is 0 Å². The number of hydrogen-bond acceptors (Lipinski definition) is 3. The fourth-order valence-electron chi connectivity index (χ4n) is 1.32. The van der Waals surface area contributed by atoms with E-state index in [0.717, 1.165) is 6.42 Å². The molecule has 1 amide bonds. The van der Waals surface area contributed by atoms with Crippen LogP contribution in [0.4, 0.5) is 0 Å². The Morgan fingerprint density at radius 1 is 1.27 bits per heavy atom. The van der Waals surface area contributed by atoms with Gasteiger partial charge in [-0.15, -0.1) is 0 Å². The summed E-state index contributed by atoms with van der Waals surface area (Å²) >= 11 is 0. The first-order valence-corrected chi connectivity index (χ1v) is 5.31. The van der Waals surface area contributed by atoms with Crippen LogP contribution in [0.25, 0.3) is 0 Å². The molecule has 0 aromatic rings. The van der Waals surface area contributed by atoms with Crippen molar-refractivity contribution in [2.75, 3.05) is 26.2 Å². The molecular weight excluding hydrogens is 196 g/mol. The van der Waals surface area contributed by atoms with Crippen molar-refractivity contribution in [1.82, 2.24) is 10.2 Å². The summed E-state index contributed by atoms with van der Waals surface area (Å²) in [7, 11) is 0. The molecule has 2 N–H and O–H groups in total. The molecular formula is C10H20N2O3. The van der Waals surface area contributed by atoms with Gasteiger partial charge in [-0.05, 0) is 19.9 Å². The second-order valence-corrected chi connectivity index (χ2v) is 3.37. The number of carbonyl (C=O) groups excluding carboxylic acids is 1. The number of nitrogens with zero attached hydrogens (tertiary/aromatic N) is 1. The highest BCUT2D eigenvalue weighted by molar-refractivity contribution is 5.76. The van der Waals surface area contributed by atoms with Gasteiger partial charge in [0.25, 0.3) is 0 Å². The third-order valence-electron chi connectivity index (χ3n) is 1.93. The van der Waals surface area contributed by atoms with Gasteiger partial charge in [-0.1, -0.05) is 6.92 Å². The minimum Gasteiger partial charge on any atom is -0.480 e. The molecule has 0 saturated carbocycles. The van der Waals surface area contributed by atoms with Crippen molar-refractivity contribution in [3.05, 3.63) is 0 Å². The van der Waals surface area contributed by atoms with Gasteiger partial charge in [-0.3, -0.25) is 14.5 Å². The standard InChI is InChI=1S/C10H20N2O3/c1-3-6-12(8-10(14)15)7-5-9(13)11-4-2/h3-8H2,1-2H3,(H,11,13)(H,14,15). The zero-order valence-electron chi connectivity index (χ0n) is 9.45. The second kappa shape index (κ2) is 8.23. The molecule has 0 spiro atoms. The highest BCUT2D eigenvalue weighted by Crippen LogP contribution is 1.94. The zero-order chi connectivity index (χ0) is 11.7. The van der Waals surface area contributed by atoms with E-state index in [-0.39, 0.29) is 12.5 Å². The van der Waals surface area contributed by atoms with Crippen molar-refractivity contribution in [2.45, 2.75) is 26.7 Å². The monoisotopic (exact) mass is 216 g/mol. The number of amides is 1. The zero-order valence-corrected chi connectivity index (χ0v) is 9.45. The van der Waals surface area contributed by atoms with E-state index in [4.69, 9.17) is 5.11 Å². The fraction of sp³-hybridized carbons (Fsp3) is 0.800. The lowest BCUT2D eigenvalue weighted by atomic mass is 10.3. The highest BCUT2D eigenvalue weighted by atomic mass is 16.4. The molecule has 0 aromatic carbocycles. The maximum absolute atomic E-state index is 11.2. The van der Waals surface area contributed by atoms with Gasteiger partial charge in [-0.25, -0.2) is 0 Å². The van der Waals surface area contributed by atoms with Gasteiger partial charge in [0.15, 0.2) is 0 Å². The molecule has 0 aliphatic rings. The van der Waals surface area contributed by atoms with Crippen molar-refractivity contribution in [1.29, 1.82) is 0 Å². The highest BCUT2D eigenvalue weighted by Gasteiger charge is 2.10. The molecule has 0 saturated heterocycles. The third-order valence-corrected chi connectivity index (χ3v) is 1.93. The van der Waals surface area contributed by atoms with Gasteiger partial charge in [0, 0.05) is 19.5 Å². The number of carboxylic acids is 1. The smallest absolute Gasteiger partial charge is 0.317 e. The molecule has 0 aliphatic carbocycles. The first-order valence-electron chi connectivity index (χ1n) is 5.31. The van der Waals surface area contributed by atoms with Crippen molar-refractivity contribution in [2.24, 2.45) is 0 Å². The van der Waals surface area contributed by atoms with Gasteiger partial charge in [0.05, 0.1) is 6.54 Å². The average Bonchev–Trinajstić information content (AvgIpc) is 2.14. The third kappa shape index (κ3) is 7.93. The lowest BCUT2D eigenvalue weighted by Crippen LogP contribution is -2.34. The first kappa shape index (κ1) is 13.9. The van der Waals surface area contributed by atoms with Gasteiger partial charge in [0.2, 0.25) is 5.91 Å². The first-order chi connectivity index (χ1) is 7.10. The lowest BCUT2D eigenvalue weighted by Gasteiger charge is -2.18. The summed E-state index contributed by atoms with van der Waals surface area (Å²) in [4.78, 5) is 23.4. The van der Waals surface area contributed by atoms with E-state index in [2.05, 4.69) is 5.32 Å². The number of hydrogen-bond donors (Lipinski definition) is 2. The van der Waals surface area contributed by atoms with Crippen LogP contribution in [-0.2, 0) is 9.59 Å². The number of rotatable bonds is 8. The summed E-state index contributed by atoms with van der Waals surface area (Å²) in [6.45, 7) is 5.69. The summed E-state index contributed by atoms with van der Waals surface area (Å²) in [6, 6.07) is 0. The quantitative estimate of drug-likeness (QED) is 0.612. The SMILES string of the molecule is CCCN(CCC(=O)NCC)CC(=O)O. The predicted molar refractivity (Wildman–Crippen MR) is 57.7 cm³/mol. The van der Waals surface area contributed by atoms with Crippen molar-refractivity contribution in [3.63, 3.8) is 0 Å². The van der Waals surface area contributed by atoms with Crippen molar-refractivity contribution < 1.29 is 14.7 Å². The van der Waals surface area contributed by atoms with E-state index < -0.39 is 5.97 Å². The Labute approximate surface area is 90.5 Å². The number of carbonyl (C=O) groups is 2. The molecule has 0 aliphatic heterocycles. The van der Waals surface area contributed by atoms with Crippen molar-refractivity contribution in [3.8, 4) is 0 Å². The van der Waals surface area contributed by atoms with Gasteiger partial charge in [0.1, 0.15) is 0 Å². The second-order valence-electron chi connectivity index (χ2n) is 3.37. The molecule has 0 heterocycles. The molecule has 15 heavy (non-hydrogen) atoms. The van der Waals surface area contributed by atoms with Crippen LogP contribution in [0.1, 0.15) is 26.7 Å². The van der Waals surface area contributed by atoms with E-state index in [1.54, 1.807) is 4.90 Å². The van der Waals surface area contributed by atoms with Crippen molar-refractivity contribution >= 4 is 11.9 Å². The molecule has 5 nitrogen and oxygen atoms in total. The van der Waals surface area contributed by atoms with Gasteiger partial charge >= 0.3 is 5.97 Å². The van der Waals surface area contributed by atoms with Gasteiger partial charge in [-0.2, -0.15) is 0 Å². The van der Waals surface area contributed by atoms with E-state index in [9.17, 15) is 9.59 Å². The van der Waals surface area contributed by atoms with Crippen LogP contribution < -0.4 is 5.32 Å². The van der Waals surface area contributed by atoms with E-state index in [0.29, 0.717) is 26.1 Å². The summed E-state index contributed by atoms with van der Waals surface area (Å²) in [5, 5.41) is 11.3. The van der Waals surface area contributed by atoms with Gasteiger partial charge < -0.3 is 10.4 Å². The minimum atomic E-state index is -0.848. The largest absolute Gasteiger partial charge is 0.480 e. The maximum atomic E-state index is 11.2. The Bertz CT molecular complexity index is 207. The molecule has 0 rings (SSSR count). The maximum Gasteiger partial charge on any atom is 0.317 e. The van der Waals surface area contributed by atoms with E-state index in [1.165, 1.54) is 0 Å². The Morgan fingerprint density at radius 3 is 2.40 bits per heavy atom. The summed E-state index contributed by atoms with van der Waals surface area (Å²) in [5.41, 5.74) is 0. The van der Waals surface area contributed by atoms with Crippen LogP contribution >= 0.6 is 0 Å². The summed E-state index contributed by atoms with van der Waals surface area (Å²) in [6.07, 6.45) is 1.25. The predicted octanol–water partition coefficient (Wildman–Crippen LogP) is 0.309. The fourth-order valence-corrected chi connectivity index (χ4v) is 1.32. The normalized spacial score (nSPS) is 10.3. The molecule has 0 bridgehead atoms. The average molecular weight is 216 g/mol. The molecule has 0 fully saturated rings. The number of aliphatic carboxylic acids is 1. The summed E-state index contributed by atoms with van der Waals surface area (Å²) in [5.74, 6) is -0.872. The van der Waals surface area contributed by atoms with E-state index in [1.807, 2.05) is 13.8 Å². The summed E-state index contributed by atoms with van der Waals surface area (Å²) < 4.78 is 0. The Morgan fingerprint density at radius 2 is 1.93 bits per heavy atom. The van der Waals surface area contributed by atoms with Crippen LogP contribution in [0.2, 0.25) is 0 Å². The van der Waals surface area contributed by atoms with Crippen LogP contribution in [0.5, 0.6) is 0 Å². The van der Waals surface area contributed by atoms with Crippen LogP contribution in [0.15, 0.2) is 0 Å². The molecule has 88 valence electrons. The Hall–Kier alpha value is -1.10. The molecule has 0 unspecified atom stereocenters.